The van der Waals surface area contributed by atoms with Gasteiger partial charge in [-0.3, -0.25) is 4.79 Å². The van der Waals surface area contributed by atoms with Gasteiger partial charge in [-0.2, -0.15) is 11.8 Å². The fourth-order valence-corrected chi connectivity index (χ4v) is 4.10. The molecule has 3 unspecified atom stereocenters. The highest BCUT2D eigenvalue weighted by Crippen LogP contribution is 2.28. The maximum atomic E-state index is 11.8. The van der Waals surface area contributed by atoms with E-state index in [2.05, 4.69) is 5.32 Å². The highest BCUT2D eigenvalue weighted by atomic mass is 35.5. The van der Waals surface area contributed by atoms with Crippen molar-refractivity contribution in [3.63, 3.8) is 0 Å². The van der Waals surface area contributed by atoms with Gasteiger partial charge in [0, 0.05) is 23.6 Å². The van der Waals surface area contributed by atoms with E-state index in [1.165, 1.54) is 19.3 Å². The molecule has 1 N–H and O–H groups in total. The molecule has 1 aliphatic heterocycles. The minimum atomic E-state index is 0.249. The molecule has 2 nitrogen and oxygen atoms in total. The van der Waals surface area contributed by atoms with Gasteiger partial charge in [0.1, 0.15) is 0 Å². The van der Waals surface area contributed by atoms with Crippen LogP contribution in [0.1, 0.15) is 32.1 Å². The molecule has 1 saturated carbocycles. The van der Waals surface area contributed by atoms with Crippen molar-refractivity contribution in [2.24, 2.45) is 11.8 Å². The predicted octanol–water partition coefficient (Wildman–Crippen LogP) is 2.65. The second-order valence-electron chi connectivity index (χ2n) is 4.87. The Balaban J connectivity index is 1.71. The average molecular weight is 262 g/mol. The van der Waals surface area contributed by atoms with Gasteiger partial charge >= 0.3 is 0 Å². The van der Waals surface area contributed by atoms with E-state index in [0.717, 1.165) is 30.9 Å². The molecule has 0 bridgehead atoms. The third kappa shape index (κ3) is 3.30. The summed E-state index contributed by atoms with van der Waals surface area (Å²) in [6, 6.07) is 0. The van der Waals surface area contributed by atoms with E-state index in [4.69, 9.17) is 11.6 Å². The molecule has 16 heavy (non-hydrogen) atoms. The monoisotopic (exact) mass is 261 g/mol. The summed E-state index contributed by atoms with van der Waals surface area (Å²) in [6.45, 7) is 0.786. The van der Waals surface area contributed by atoms with E-state index >= 15 is 0 Å². The lowest BCUT2D eigenvalue weighted by Crippen LogP contribution is -2.37. The van der Waals surface area contributed by atoms with E-state index in [1.807, 2.05) is 11.8 Å². The molecular weight excluding hydrogens is 242 g/mol. The molecular formula is C12H20ClNOS. The van der Waals surface area contributed by atoms with Crippen molar-refractivity contribution in [1.29, 1.82) is 0 Å². The van der Waals surface area contributed by atoms with Crippen molar-refractivity contribution < 1.29 is 4.79 Å². The first-order valence-electron chi connectivity index (χ1n) is 6.27. The zero-order valence-corrected chi connectivity index (χ0v) is 11.2. The molecule has 1 saturated heterocycles. The van der Waals surface area contributed by atoms with Crippen LogP contribution in [-0.4, -0.2) is 29.3 Å². The average Bonchev–Trinajstić information content (AvgIpc) is 2.81. The van der Waals surface area contributed by atoms with Crippen LogP contribution in [0.25, 0.3) is 0 Å². The van der Waals surface area contributed by atoms with Gasteiger partial charge in [0.05, 0.1) is 0 Å². The second-order valence-corrected chi connectivity index (χ2v) is 6.58. The highest BCUT2D eigenvalue weighted by molar-refractivity contribution is 7.99. The van der Waals surface area contributed by atoms with Crippen molar-refractivity contribution >= 4 is 29.3 Å². The molecule has 1 aliphatic carbocycles. The minimum absolute atomic E-state index is 0.249. The Hall–Kier alpha value is 0.110. The number of hydrogen-bond donors (Lipinski definition) is 1. The first kappa shape index (κ1) is 12.6. The Bertz CT molecular complexity index is 243. The standard InChI is InChI=1S/C12H20ClNOS/c13-11-4-2-1-3-9(11)7-14-12(15)10-5-6-16-8-10/h9-11H,1-8H2,(H,14,15). The summed E-state index contributed by atoms with van der Waals surface area (Å²) in [5, 5.41) is 3.36. The fraction of sp³-hybridized carbons (Fsp3) is 0.917. The third-order valence-electron chi connectivity index (χ3n) is 3.66. The minimum Gasteiger partial charge on any atom is -0.356 e. The molecule has 2 aliphatic rings. The number of nitrogens with one attached hydrogen (secondary N) is 1. The highest BCUT2D eigenvalue weighted by Gasteiger charge is 2.26. The molecule has 1 amide bonds. The molecule has 2 rings (SSSR count). The van der Waals surface area contributed by atoms with Crippen LogP contribution >= 0.6 is 23.4 Å². The quantitative estimate of drug-likeness (QED) is 0.792. The van der Waals surface area contributed by atoms with E-state index < -0.39 is 0 Å². The molecule has 92 valence electrons. The molecule has 1 heterocycles. The zero-order chi connectivity index (χ0) is 11.4. The summed E-state index contributed by atoms with van der Waals surface area (Å²) in [6.07, 6.45) is 5.85. The van der Waals surface area contributed by atoms with Gasteiger partial charge in [0.25, 0.3) is 0 Å². The second kappa shape index (κ2) is 6.15. The molecule has 0 aromatic heterocycles. The smallest absolute Gasteiger partial charge is 0.223 e. The number of thioether (sulfide) groups is 1. The molecule has 3 atom stereocenters. The van der Waals surface area contributed by atoms with Crippen LogP contribution in [0.2, 0.25) is 0 Å². The summed E-state index contributed by atoms with van der Waals surface area (Å²) >= 11 is 8.16. The zero-order valence-electron chi connectivity index (χ0n) is 9.58. The van der Waals surface area contributed by atoms with Crippen LogP contribution in [0.3, 0.4) is 0 Å². The van der Waals surface area contributed by atoms with E-state index in [0.29, 0.717) is 5.92 Å². The predicted molar refractivity (Wildman–Crippen MR) is 70.0 cm³/mol. The van der Waals surface area contributed by atoms with E-state index in [1.54, 1.807) is 0 Å². The van der Waals surface area contributed by atoms with Crippen LogP contribution in [0.15, 0.2) is 0 Å². The number of rotatable bonds is 3. The lowest BCUT2D eigenvalue weighted by atomic mass is 9.88. The maximum absolute atomic E-state index is 11.8. The van der Waals surface area contributed by atoms with Crippen molar-refractivity contribution in [2.75, 3.05) is 18.1 Å². The van der Waals surface area contributed by atoms with Crippen LogP contribution in [0.4, 0.5) is 0 Å². The fourth-order valence-electron chi connectivity index (χ4n) is 2.51. The molecule has 0 aromatic carbocycles. The molecule has 0 radical (unpaired) electrons. The van der Waals surface area contributed by atoms with Crippen molar-refractivity contribution in [1.82, 2.24) is 5.32 Å². The van der Waals surface area contributed by atoms with Crippen molar-refractivity contribution in [3.8, 4) is 0 Å². The van der Waals surface area contributed by atoms with Gasteiger partial charge in [-0.15, -0.1) is 11.6 Å². The number of alkyl halides is 1. The Kier molecular flexibility index (Phi) is 4.83. The van der Waals surface area contributed by atoms with E-state index in [-0.39, 0.29) is 17.2 Å². The SMILES string of the molecule is O=C(NCC1CCCCC1Cl)C1CCSC1. The van der Waals surface area contributed by atoms with Crippen LogP contribution < -0.4 is 5.32 Å². The normalized spacial score (nSPS) is 34.9. The summed E-state index contributed by atoms with van der Waals surface area (Å²) in [5.41, 5.74) is 0. The topological polar surface area (TPSA) is 29.1 Å². The molecule has 2 fully saturated rings. The maximum Gasteiger partial charge on any atom is 0.223 e. The summed E-state index contributed by atoms with van der Waals surface area (Å²) in [7, 11) is 0. The number of halogens is 1. The molecule has 0 aromatic rings. The van der Waals surface area contributed by atoms with Gasteiger partial charge in [-0.05, 0) is 30.9 Å². The Morgan fingerprint density at radius 1 is 1.31 bits per heavy atom. The third-order valence-corrected chi connectivity index (χ3v) is 5.39. The van der Waals surface area contributed by atoms with Crippen LogP contribution in [-0.2, 0) is 4.79 Å². The summed E-state index contributed by atoms with van der Waals surface area (Å²) < 4.78 is 0. The largest absolute Gasteiger partial charge is 0.356 e. The first-order valence-corrected chi connectivity index (χ1v) is 7.86. The lowest BCUT2D eigenvalue weighted by molar-refractivity contribution is -0.124. The number of amides is 1. The first-order chi connectivity index (χ1) is 7.77. The Labute approximate surface area is 107 Å². The number of carbonyl (C=O) groups is 1. The summed E-state index contributed by atoms with van der Waals surface area (Å²) in [4.78, 5) is 11.8. The summed E-state index contributed by atoms with van der Waals surface area (Å²) in [5.74, 6) is 3.13. The van der Waals surface area contributed by atoms with Gasteiger partial charge in [-0.1, -0.05) is 12.8 Å². The number of carbonyl (C=O) groups excluding carboxylic acids is 1. The van der Waals surface area contributed by atoms with Gasteiger partial charge in [-0.25, -0.2) is 0 Å². The molecule has 4 heteroatoms. The Morgan fingerprint density at radius 3 is 2.81 bits per heavy atom. The molecule has 0 spiro atoms. The lowest BCUT2D eigenvalue weighted by Gasteiger charge is -2.27. The van der Waals surface area contributed by atoms with Gasteiger partial charge in [0.15, 0.2) is 0 Å². The number of hydrogen-bond acceptors (Lipinski definition) is 2. The van der Waals surface area contributed by atoms with Crippen LogP contribution in [0.5, 0.6) is 0 Å². The van der Waals surface area contributed by atoms with E-state index in [9.17, 15) is 4.79 Å². The van der Waals surface area contributed by atoms with Crippen molar-refractivity contribution in [3.05, 3.63) is 0 Å². The van der Waals surface area contributed by atoms with Gasteiger partial charge < -0.3 is 5.32 Å². The van der Waals surface area contributed by atoms with Crippen molar-refractivity contribution in [2.45, 2.75) is 37.5 Å². The van der Waals surface area contributed by atoms with Crippen LogP contribution in [0, 0.1) is 11.8 Å². The van der Waals surface area contributed by atoms with Gasteiger partial charge in [0.2, 0.25) is 5.91 Å². The Morgan fingerprint density at radius 2 is 2.12 bits per heavy atom.